The van der Waals surface area contributed by atoms with Gasteiger partial charge in [0.1, 0.15) is 11.5 Å². The SMILES string of the molecule is CC(=O)CN(Cc1ccccc1)Cc1ccco1. The number of Topliss-reactive ketones (excluding diaryl/α,β-unsaturated/α-hetero) is 1. The van der Waals surface area contributed by atoms with E-state index in [-0.39, 0.29) is 5.78 Å². The van der Waals surface area contributed by atoms with Crippen LogP contribution in [0, 0.1) is 0 Å². The fourth-order valence-corrected chi connectivity index (χ4v) is 1.95. The Bertz CT molecular complexity index is 476. The van der Waals surface area contributed by atoms with Crippen molar-refractivity contribution in [3.8, 4) is 0 Å². The first kappa shape index (κ1) is 12.6. The van der Waals surface area contributed by atoms with Crippen molar-refractivity contribution in [3.05, 3.63) is 60.1 Å². The Balaban J connectivity index is 2.03. The largest absolute Gasteiger partial charge is 0.468 e. The summed E-state index contributed by atoms with van der Waals surface area (Å²) in [5.41, 5.74) is 1.20. The zero-order valence-corrected chi connectivity index (χ0v) is 10.5. The number of nitrogens with zero attached hydrogens (tertiary/aromatic N) is 1. The molecule has 0 radical (unpaired) electrons. The molecular formula is C15H17NO2. The van der Waals surface area contributed by atoms with Gasteiger partial charge in [-0.05, 0) is 24.6 Å². The third-order valence-corrected chi connectivity index (χ3v) is 2.65. The second kappa shape index (κ2) is 6.17. The second-order valence-corrected chi connectivity index (χ2v) is 4.41. The van der Waals surface area contributed by atoms with E-state index in [0.717, 1.165) is 12.3 Å². The Morgan fingerprint density at radius 3 is 2.50 bits per heavy atom. The third-order valence-electron chi connectivity index (χ3n) is 2.65. The van der Waals surface area contributed by atoms with Gasteiger partial charge in [0.05, 0.1) is 19.4 Å². The lowest BCUT2D eigenvalue weighted by Crippen LogP contribution is -2.27. The summed E-state index contributed by atoms with van der Waals surface area (Å²) < 4.78 is 5.33. The summed E-state index contributed by atoms with van der Waals surface area (Å²) in [7, 11) is 0. The Kier molecular flexibility index (Phi) is 4.31. The summed E-state index contributed by atoms with van der Waals surface area (Å²) >= 11 is 0. The van der Waals surface area contributed by atoms with E-state index in [4.69, 9.17) is 4.42 Å². The summed E-state index contributed by atoms with van der Waals surface area (Å²) in [6, 6.07) is 13.9. The predicted octanol–water partition coefficient (Wildman–Crippen LogP) is 2.87. The number of rotatable bonds is 6. The molecule has 0 aliphatic heterocycles. The maximum absolute atomic E-state index is 11.3. The maximum atomic E-state index is 11.3. The summed E-state index contributed by atoms with van der Waals surface area (Å²) in [5.74, 6) is 1.05. The van der Waals surface area contributed by atoms with Gasteiger partial charge in [-0.1, -0.05) is 30.3 Å². The van der Waals surface area contributed by atoms with Gasteiger partial charge in [-0.3, -0.25) is 9.69 Å². The molecule has 1 aromatic carbocycles. The highest BCUT2D eigenvalue weighted by Crippen LogP contribution is 2.10. The van der Waals surface area contributed by atoms with Crippen molar-refractivity contribution < 1.29 is 9.21 Å². The Labute approximate surface area is 107 Å². The van der Waals surface area contributed by atoms with Crippen LogP contribution in [-0.2, 0) is 17.9 Å². The number of ketones is 1. The lowest BCUT2D eigenvalue weighted by atomic mass is 10.2. The van der Waals surface area contributed by atoms with Gasteiger partial charge in [-0.25, -0.2) is 0 Å². The normalized spacial score (nSPS) is 10.8. The molecule has 18 heavy (non-hydrogen) atoms. The molecule has 0 atom stereocenters. The number of carbonyl (C=O) groups is 1. The molecule has 0 saturated heterocycles. The van der Waals surface area contributed by atoms with Gasteiger partial charge < -0.3 is 4.42 Å². The highest BCUT2D eigenvalue weighted by Gasteiger charge is 2.10. The lowest BCUT2D eigenvalue weighted by Gasteiger charge is -2.19. The van der Waals surface area contributed by atoms with Gasteiger partial charge in [-0.2, -0.15) is 0 Å². The molecule has 94 valence electrons. The topological polar surface area (TPSA) is 33.5 Å². The predicted molar refractivity (Wildman–Crippen MR) is 69.9 cm³/mol. The Hall–Kier alpha value is -1.87. The molecule has 3 nitrogen and oxygen atoms in total. The summed E-state index contributed by atoms with van der Waals surface area (Å²) in [4.78, 5) is 13.4. The minimum atomic E-state index is 0.164. The van der Waals surface area contributed by atoms with Crippen LogP contribution in [0.25, 0.3) is 0 Å². The van der Waals surface area contributed by atoms with Crippen molar-refractivity contribution in [1.29, 1.82) is 0 Å². The van der Waals surface area contributed by atoms with Crippen LogP contribution in [0.4, 0.5) is 0 Å². The minimum absolute atomic E-state index is 0.164. The van der Waals surface area contributed by atoms with Crippen molar-refractivity contribution in [2.45, 2.75) is 20.0 Å². The first-order valence-electron chi connectivity index (χ1n) is 6.02. The molecule has 0 fully saturated rings. The molecule has 1 aromatic heterocycles. The molecule has 0 aliphatic rings. The molecule has 2 aromatic rings. The fraction of sp³-hybridized carbons (Fsp3) is 0.267. The monoisotopic (exact) mass is 243 g/mol. The molecule has 0 unspecified atom stereocenters. The number of carbonyl (C=O) groups excluding carboxylic acids is 1. The molecule has 2 rings (SSSR count). The van der Waals surface area contributed by atoms with Gasteiger partial charge in [0.25, 0.3) is 0 Å². The average molecular weight is 243 g/mol. The number of hydrogen-bond donors (Lipinski definition) is 0. The van der Waals surface area contributed by atoms with Crippen molar-refractivity contribution >= 4 is 5.78 Å². The Morgan fingerprint density at radius 2 is 1.89 bits per heavy atom. The van der Waals surface area contributed by atoms with Crippen LogP contribution >= 0.6 is 0 Å². The summed E-state index contributed by atoms with van der Waals surface area (Å²) in [6.45, 7) is 3.46. The smallest absolute Gasteiger partial charge is 0.143 e. The molecule has 1 heterocycles. The number of hydrogen-bond acceptors (Lipinski definition) is 3. The van der Waals surface area contributed by atoms with Crippen LogP contribution in [0.2, 0.25) is 0 Å². The van der Waals surface area contributed by atoms with Crippen molar-refractivity contribution in [2.75, 3.05) is 6.54 Å². The summed E-state index contributed by atoms with van der Waals surface area (Å²) in [6.07, 6.45) is 1.66. The van der Waals surface area contributed by atoms with Gasteiger partial charge in [0, 0.05) is 6.54 Å². The maximum Gasteiger partial charge on any atom is 0.143 e. The number of benzene rings is 1. The second-order valence-electron chi connectivity index (χ2n) is 4.41. The zero-order chi connectivity index (χ0) is 12.8. The van der Waals surface area contributed by atoms with E-state index in [1.165, 1.54) is 5.56 Å². The standard InChI is InChI=1S/C15H17NO2/c1-13(17)10-16(12-15-8-5-9-18-15)11-14-6-3-2-4-7-14/h2-9H,10-12H2,1H3. The fourth-order valence-electron chi connectivity index (χ4n) is 1.95. The van der Waals surface area contributed by atoms with Crippen molar-refractivity contribution in [3.63, 3.8) is 0 Å². The van der Waals surface area contributed by atoms with Crippen LogP contribution in [0.15, 0.2) is 53.1 Å². The quantitative estimate of drug-likeness (QED) is 0.782. The van der Waals surface area contributed by atoms with Gasteiger partial charge in [0.2, 0.25) is 0 Å². The molecule has 3 heteroatoms. The van der Waals surface area contributed by atoms with E-state index >= 15 is 0 Å². The highest BCUT2D eigenvalue weighted by molar-refractivity contribution is 5.77. The lowest BCUT2D eigenvalue weighted by molar-refractivity contribution is -0.118. The highest BCUT2D eigenvalue weighted by atomic mass is 16.3. The molecule has 0 bridgehead atoms. The first-order chi connectivity index (χ1) is 8.74. The van der Waals surface area contributed by atoms with Crippen LogP contribution in [0.5, 0.6) is 0 Å². The molecule has 0 amide bonds. The van der Waals surface area contributed by atoms with Crippen LogP contribution in [-0.4, -0.2) is 17.2 Å². The van der Waals surface area contributed by atoms with E-state index in [1.54, 1.807) is 13.2 Å². The Morgan fingerprint density at radius 1 is 1.11 bits per heavy atom. The van der Waals surface area contributed by atoms with Gasteiger partial charge >= 0.3 is 0 Å². The minimum Gasteiger partial charge on any atom is -0.468 e. The van der Waals surface area contributed by atoms with E-state index in [0.29, 0.717) is 13.1 Å². The van der Waals surface area contributed by atoms with Crippen molar-refractivity contribution in [2.24, 2.45) is 0 Å². The van der Waals surface area contributed by atoms with E-state index in [2.05, 4.69) is 17.0 Å². The number of furan rings is 1. The van der Waals surface area contributed by atoms with E-state index in [9.17, 15) is 4.79 Å². The average Bonchev–Trinajstić information content (AvgIpc) is 2.82. The molecule has 0 aliphatic carbocycles. The molecular weight excluding hydrogens is 226 g/mol. The first-order valence-corrected chi connectivity index (χ1v) is 6.02. The molecule has 0 spiro atoms. The van der Waals surface area contributed by atoms with E-state index < -0.39 is 0 Å². The van der Waals surface area contributed by atoms with Crippen LogP contribution in [0.1, 0.15) is 18.2 Å². The van der Waals surface area contributed by atoms with Crippen LogP contribution in [0.3, 0.4) is 0 Å². The third kappa shape index (κ3) is 3.86. The molecule has 0 saturated carbocycles. The van der Waals surface area contributed by atoms with E-state index in [1.807, 2.05) is 30.3 Å². The zero-order valence-electron chi connectivity index (χ0n) is 10.5. The summed E-state index contributed by atoms with van der Waals surface area (Å²) in [5, 5.41) is 0. The van der Waals surface area contributed by atoms with Gasteiger partial charge in [-0.15, -0.1) is 0 Å². The molecule has 0 N–H and O–H groups in total. The van der Waals surface area contributed by atoms with Crippen molar-refractivity contribution in [1.82, 2.24) is 4.90 Å². The van der Waals surface area contributed by atoms with Crippen LogP contribution < -0.4 is 0 Å². The van der Waals surface area contributed by atoms with Gasteiger partial charge in [0.15, 0.2) is 0 Å².